The molecule has 21 heavy (non-hydrogen) atoms. The molecule has 0 fully saturated rings. The molecule has 110 valence electrons. The van der Waals surface area contributed by atoms with Gasteiger partial charge in [0, 0.05) is 33.8 Å². The zero-order chi connectivity index (χ0) is 15.2. The second-order valence-corrected chi connectivity index (χ2v) is 5.95. The first kappa shape index (κ1) is 15.9. The number of anilines is 2. The van der Waals surface area contributed by atoms with Gasteiger partial charge in [0.05, 0.1) is 0 Å². The highest BCUT2D eigenvalue weighted by Gasteiger charge is 2.06. The number of benzene rings is 2. The van der Waals surface area contributed by atoms with E-state index < -0.39 is 0 Å². The Labute approximate surface area is 137 Å². The van der Waals surface area contributed by atoms with Crippen molar-refractivity contribution in [2.24, 2.45) is 0 Å². The van der Waals surface area contributed by atoms with Crippen LogP contribution in [-0.2, 0) is 4.79 Å². The number of hydrogen-bond donors (Lipinski definition) is 2. The minimum atomic E-state index is -0.0417. The van der Waals surface area contributed by atoms with Crippen LogP contribution in [0.15, 0.2) is 46.9 Å². The molecule has 0 radical (unpaired) electrons. The second-order valence-electron chi connectivity index (χ2n) is 4.66. The lowest BCUT2D eigenvalue weighted by Crippen LogP contribution is -2.16. The maximum Gasteiger partial charge on any atom is 0.226 e. The van der Waals surface area contributed by atoms with Crippen LogP contribution in [0.4, 0.5) is 11.4 Å². The summed E-state index contributed by atoms with van der Waals surface area (Å²) >= 11 is 9.39. The van der Waals surface area contributed by atoms with Gasteiger partial charge in [-0.05, 0) is 52.7 Å². The number of carbonyl (C=O) groups excluding carboxylic acids is 1. The van der Waals surface area contributed by atoms with Crippen LogP contribution in [0.5, 0.6) is 0 Å². The Morgan fingerprint density at radius 1 is 1.19 bits per heavy atom. The third-order valence-corrected chi connectivity index (χ3v) is 3.94. The summed E-state index contributed by atoms with van der Waals surface area (Å²) in [6.45, 7) is 2.50. The van der Waals surface area contributed by atoms with Gasteiger partial charge >= 0.3 is 0 Å². The Kier molecular flexibility index (Phi) is 5.65. The van der Waals surface area contributed by atoms with Crippen molar-refractivity contribution in [1.29, 1.82) is 0 Å². The number of para-hydroxylation sites is 1. The lowest BCUT2D eigenvalue weighted by Gasteiger charge is -2.10. The minimum Gasteiger partial charge on any atom is -0.384 e. The highest BCUT2D eigenvalue weighted by atomic mass is 79.9. The van der Waals surface area contributed by atoms with E-state index in [9.17, 15) is 4.79 Å². The number of carbonyl (C=O) groups is 1. The van der Waals surface area contributed by atoms with Gasteiger partial charge in [0.2, 0.25) is 5.91 Å². The van der Waals surface area contributed by atoms with Gasteiger partial charge in [-0.1, -0.05) is 29.8 Å². The fraction of sp³-hybridized carbons (Fsp3) is 0.188. The molecule has 2 rings (SSSR count). The summed E-state index contributed by atoms with van der Waals surface area (Å²) in [5, 5.41) is 6.71. The molecule has 0 saturated heterocycles. The van der Waals surface area contributed by atoms with Crippen molar-refractivity contribution in [2.45, 2.75) is 13.3 Å². The minimum absolute atomic E-state index is 0.0417. The molecule has 2 N–H and O–H groups in total. The predicted octanol–water partition coefficient (Wildman–Crippen LogP) is 4.85. The summed E-state index contributed by atoms with van der Waals surface area (Å²) < 4.78 is 0.982. The molecule has 0 bridgehead atoms. The molecule has 0 saturated carbocycles. The fourth-order valence-electron chi connectivity index (χ4n) is 1.86. The van der Waals surface area contributed by atoms with E-state index in [1.54, 1.807) is 12.1 Å². The number of rotatable bonds is 5. The third-order valence-electron chi connectivity index (χ3n) is 3.02. The van der Waals surface area contributed by atoms with Crippen molar-refractivity contribution in [3.05, 3.63) is 57.5 Å². The van der Waals surface area contributed by atoms with Gasteiger partial charge in [0.1, 0.15) is 0 Å². The maximum atomic E-state index is 11.9. The fourth-order valence-corrected chi connectivity index (χ4v) is 2.45. The van der Waals surface area contributed by atoms with E-state index in [0.29, 0.717) is 18.0 Å². The van der Waals surface area contributed by atoms with Crippen molar-refractivity contribution in [1.82, 2.24) is 0 Å². The third kappa shape index (κ3) is 4.76. The van der Waals surface area contributed by atoms with Crippen molar-refractivity contribution in [3.63, 3.8) is 0 Å². The SMILES string of the molecule is Cc1ccc(Cl)cc1NC(=O)CCNc1ccccc1Br. The molecule has 1 amide bonds. The van der Waals surface area contributed by atoms with Gasteiger partial charge in [-0.15, -0.1) is 0 Å². The molecule has 0 aliphatic carbocycles. The van der Waals surface area contributed by atoms with E-state index in [-0.39, 0.29) is 5.91 Å². The van der Waals surface area contributed by atoms with Crippen LogP contribution in [0.1, 0.15) is 12.0 Å². The largest absolute Gasteiger partial charge is 0.384 e. The lowest BCUT2D eigenvalue weighted by atomic mass is 10.2. The predicted molar refractivity (Wildman–Crippen MR) is 92.1 cm³/mol. The Morgan fingerprint density at radius 2 is 1.95 bits per heavy atom. The first-order chi connectivity index (χ1) is 10.1. The van der Waals surface area contributed by atoms with Gasteiger partial charge in [0.25, 0.3) is 0 Å². The average molecular weight is 368 g/mol. The van der Waals surface area contributed by atoms with Crippen LogP contribution in [0.25, 0.3) is 0 Å². The van der Waals surface area contributed by atoms with E-state index in [4.69, 9.17) is 11.6 Å². The van der Waals surface area contributed by atoms with Crippen LogP contribution in [0.2, 0.25) is 5.02 Å². The molecule has 0 aliphatic rings. The van der Waals surface area contributed by atoms with Crippen molar-refractivity contribution in [3.8, 4) is 0 Å². The molecule has 0 unspecified atom stereocenters. The van der Waals surface area contributed by atoms with Gasteiger partial charge < -0.3 is 10.6 Å². The topological polar surface area (TPSA) is 41.1 Å². The van der Waals surface area contributed by atoms with Crippen LogP contribution in [0, 0.1) is 6.92 Å². The summed E-state index contributed by atoms with van der Waals surface area (Å²) in [6, 6.07) is 13.3. The zero-order valence-corrected chi connectivity index (χ0v) is 14.0. The van der Waals surface area contributed by atoms with Crippen molar-refractivity contribution in [2.75, 3.05) is 17.2 Å². The van der Waals surface area contributed by atoms with E-state index in [2.05, 4.69) is 26.6 Å². The van der Waals surface area contributed by atoms with Crippen LogP contribution >= 0.6 is 27.5 Å². The molecule has 0 aliphatic heterocycles. The molecule has 5 heteroatoms. The second kappa shape index (κ2) is 7.48. The highest BCUT2D eigenvalue weighted by Crippen LogP contribution is 2.22. The number of halogens is 2. The molecule has 0 atom stereocenters. The van der Waals surface area contributed by atoms with Gasteiger partial charge in [0.15, 0.2) is 0 Å². The van der Waals surface area contributed by atoms with Crippen molar-refractivity contribution < 1.29 is 4.79 Å². The first-order valence-corrected chi connectivity index (χ1v) is 7.78. The van der Waals surface area contributed by atoms with Crippen LogP contribution in [0.3, 0.4) is 0 Å². The summed E-state index contributed by atoms with van der Waals surface area (Å²) in [6.07, 6.45) is 0.382. The van der Waals surface area contributed by atoms with E-state index in [1.165, 1.54) is 0 Å². The molecule has 2 aromatic rings. The monoisotopic (exact) mass is 366 g/mol. The van der Waals surface area contributed by atoms with Gasteiger partial charge in [-0.2, -0.15) is 0 Å². The van der Waals surface area contributed by atoms with E-state index in [0.717, 1.165) is 21.4 Å². The number of aryl methyl sites for hydroxylation is 1. The smallest absolute Gasteiger partial charge is 0.226 e. The average Bonchev–Trinajstić information content (AvgIpc) is 2.45. The quantitative estimate of drug-likeness (QED) is 0.793. The Balaban J connectivity index is 1.85. The normalized spacial score (nSPS) is 10.2. The number of amides is 1. The molecule has 3 nitrogen and oxygen atoms in total. The van der Waals surface area contributed by atoms with E-state index in [1.807, 2.05) is 37.3 Å². The number of hydrogen-bond acceptors (Lipinski definition) is 2. The standard InChI is InChI=1S/C16H16BrClN2O/c1-11-6-7-12(18)10-15(11)20-16(21)8-9-19-14-5-3-2-4-13(14)17/h2-7,10,19H,8-9H2,1H3,(H,20,21). The summed E-state index contributed by atoms with van der Waals surface area (Å²) in [5.41, 5.74) is 2.73. The summed E-state index contributed by atoms with van der Waals surface area (Å²) in [7, 11) is 0. The molecular formula is C16H16BrClN2O. The Morgan fingerprint density at radius 3 is 2.71 bits per heavy atom. The zero-order valence-electron chi connectivity index (χ0n) is 11.6. The molecule has 0 spiro atoms. The summed E-state index contributed by atoms with van der Waals surface area (Å²) in [4.78, 5) is 11.9. The van der Waals surface area contributed by atoms with Crippen molar-refractivity contribution >= 4 is 44.8 Å². The van der Waals surface area contributed by atoms with Crippen LogP contribution < -0.4 is 10.6 Å². The van der Waals surface area contributed by atoms with E-state index >= 15 is 0 Å². The lowest BCUT2D eigenvalue weighted by molar-refractivity contribution is -0.115. The highest BCUT2D eigenvalue weighted by molar-refractivity contribution is 9.10. The Bertz CT molecular complexity index is 646. The molecular weight excluding hydrogens is 352 g/mol. The molecule has 2 aromatic carbocycles. The summed E-state index contributed by atoms with van der Waals surface area (Å²) in [5.74, 6) is -0.0417. The van der Waals surface area contributed by atoms with Gasteiger partial charge in [-0.25, -0.2) is 0 Å². The first-order valence-electron chi connectivity index (χ1n) is 6.60. The number of nitrogens with one attached hydrogen (secondary N) is 2. The Hall–Kier alpha value is -1.52. The van der Waals surface area contributed by atoms with Gasteiger partial charge in [-0.3, -0.25) is 4.79 Å². The maximum absolute atomic E-state index is 11.9. The molecule has 0 heterocycles. The molecule has 0 aromatic heterocycles. The van der Waals surface area contributed by atoms with Crippen LogP contribution in [-0.4, -0.2) is 12.5 Å².